The van der Waals surface area contributed by atoms with E-state index in [-0.39, 0.29) is 12.1 Å². The third-order valence-electron chi connectivity index (χ3n) is 6.12. The Balaban J connectivity index is 1.51. The van der Waals surface area contributed by atoms with Crippen molar-refractivity contribution in [2.75, 3.05) is 7.11 Å². The van der Waals surface area contributed by atoms with Crippen molar-refractivity contribution in [1.82, 2.24) is 16.1 Å². The fourth-order valence-corrected chi connectivity index (χ4v) is 5.16. The summed E-state index contributed by atoms with van der Waals surface area (Å²) in [6.07, 6.45) is 6.82. The SMILES string of the molecule is COc1ccc(C2CC(C(NC(=S)NC3CCCCC3)c3ccc(Cl)cc3Cl)=NN2)cc1. The molecule has 170 valence electrons. The maximum atomic E-state index is 6.59. The van der Waals surface area contributed by atoms with E-state index in [0.29, 0.717) is 21.2 Å². The summed E-state index contributed by atoms with van der Waals surface area (Å²) in [5.41, 5.74) is 6.27. The van der Waals surface area contributed by atoms with Gasteiger partial charge in [-0.15, -0.1) is 0 Å². The summed E-state index contributed by atoms with van der Waals surface area (Å²) in [7, 11) is 1.67. The van der Waals surface area contributed by atoms with Crippen LogP contribution in [0, 0.1) is 0 Å². The lowest BCUT2D eigenvalue weighted by Gasteiger charge is -2.27. The topological polar surface area (TPSA) is 57.7 Å². The first-order chi connectivity index (χ1) is 15.5. The Hall–Kier alpha value is -2.02. The van der Waals surface area contributed by atoms with Crippen molar-refractivity contribution in [2.45, 2.75) is 56.7 Å². The predicted molar refractivity (Wildman–Crippen MR) is 136 cm³/mol. The first-order valence-electron chi connectivity index (χ1n) is 11.0. The Morgan fingerprint density at radius 3 is 2.56 bits per heavy atom. The van der Waals surface area contributed by atoms with Crippen LogP contribution in [-0.2, 0) is 0 Å². The van der Waals surface area contributed by atoms with Crippen LogP contribution in [0.2, 0.25) is 10.0 Å². The number of nitrogens with zero attached hydrogens (tertiary/aromatic N) is 1. The number of hydrazone groups is 1. The van der Waals surface area contributed by atoms with Crippen molar-refractivity contribution >= 4 is 46.2 Å². The maximum Gasteiger partial charge on any atom is 0.167 e. The van der Waals surface area contributed by atoms with Gasteiger partial charge in [0.15, 0.2) is 5.11 Å². The quantitative estimate of drug-likeness (QED) is 0.438. The van der Waals surface area contributed by atoms with E-state index in [2.05, 4.69) is 33.3 Å². The normalized spacial score (nSPS) is 19.6. The number of hydrogen-bond acceptors (Lipinski definition) is 4. The summed E-state index contributed by atoms with van der Waals surface area (Å²) in [5, 5.41) is 13.5. The monoisotopic (exact) mass is 490 g/mol. The van der Waals surface area contributed by atoms with E-state index in [1.807, 2.05) is 24.3 Å². The van der Waals surface area contributed by atoms with Crippen molar-refractivity contribution < 1.29 is 4.74 Å². The fourth-order valence-electron chi connectivity index (χ4n) is 4.35. The minimum Gasteiger partial charge on any atom is -0.497 e. The van der Waals surface area contributed by atoms with Gasteiger partial charge in [0, 0.05) is 22.5 Å². The second kappa shape index (κ2) is 10.7. The standard InChI is InChI=1S/C24H28Cl2N4OS/c1-31-18-10-7-15(8-11-18)21-14-22(30-29-21)23(19-12-9-16(25)13-20(19)26)28-24(32)27-17-5-3-2-4-6-17/h7-13,17,21,23,29H,2-6,14H2,1H3,(H2,27,28,32). The molecular weight excluding hydrogens is 463 g/mol. The van der Waals surface area contributed by atoms with E-state index in [1.165, 1.54) is 19.3 Å². The molecule has 1 fully saturated rings. The van der Waals surface area contributed by atoms with Gasteiger partial charge < -0.3 is 20.8 Å². The van der Waals surface area contributed by atoms with Crippen molar-refractivity contribution in [2.24, 2.45) is 5.10 Å². The van der Waals surface area contributed by atoms with E-state index in [4.69, 9.17) is 40.2 Å². The molecule has 1 aliphatic heterocycles. The van der Waals surface area contributed by atoms with Gasteiger partial charge >= 0.3 is 0 Å². The van der Waals surface area contributed by atoms with Crippen molar-refractivity contribution in [3.63, 3.8) is 0 Å². The van der Waals surface area contributed by atoms with Crippen LogP contribution < -0.4 is 20.8 Å². The molecule has 2 aliphatic rings. The van der Waals surface area contributed by atoms with Crippen LogP contribution in [0.15, 0.2) is 47.6 Å². The van der Waals surface area contributed by atoms with Crippen molar-refractivity contribution in [3.05, 3.63) is 63.6 Å². The predicted octanol–water partition coefficient (Wildman–Crippen LogP) is 5.93. The number of ether oxygens (including phenoxy) is 1. The molecule has 1 heterocycles. The molecule has 0 aromatic heterocycles. The highest BCUT2D eigenvalue weighted by atomic mass is 35.5. The first kappa shape index (κ1) is 23.1. The summed E-state index contributed by atoms with van der Waals surface area (Å²) in [6.45, 7) is 0. The molecule has 2 unspecified atom stereocenters. The average molecular weight is 491 g/mol. The van der Waals surface area contributed by atoms with Crippen LogP contribution in [-0.4, -0.2) is 24.0 Å². The zero-order valence-electron chi connectivity index (χ0n) is 18.0. The van der Waals surface area contributed by atoms with Crippen LogP contribution in [0.1, 0.15) is 61.7 Å². The van der Waals surface area contributed by atoms with Crippen molar-refractivity contribution in [1.29, 1.82) is 0 Å². The van der Waals surface area contributed by atoms with Crippen molar-refractivity contribution in [3.8, 4) is 5.75 Å². The molecule has 0 bridgehead atoms. The first-order valence-corrected chi connectivity index (χ1v) is 12.2. The van der Waals surface area contributed by atoms with E-state index < -0.39 is 0 Å². The summed E-state index contributed by atoms with van der Waals surface area (Å²) < 4.78 is 5.27. The highest BCUT2D eigenvalue weighted by Gasteiger charge is 2.30. The zero-order chi connectivity index (χ0) is 22.5. The number of hydrogen-bond donors (Lipinski definition) is 3. The molecule has 0 amide bonds. The van der Waals surface area contributed by atoms with Crippen LogP contribution in [0.5, 0.6) is 5.75 Å². The summed E-state index contributed by atoms with van der Waals surface area (Å²) in [5.74, 6) is 0.833. The second-order valence-corrected chi connectivity index (χ2v) is 9.57. The summed E-state index contributed by atoms with van der Waals surface area (Å²) in [4.78, 5) is 0. The lowest BCUT2D eigenvalue weighted by atomic mass is 9.95. The number of rotatable bonds is 6. The number of thiocarbonyl (C=S) groups is 1. The Morgan fingerprint density at radius 2 is 1.88 bits per heavy atom. The van der Waals surface area contributed by atoms with Crippen LogP contribution in [0.25, 0.3) is 0 Å². The van der Waals surface area contributed by atoms with E-state index in [0.717, 1.165) is 41.9 Å². The largest absolute Gasteiger partial charge is 0.497 e. The molecule has 2 atom stereocenters. The van der Waals surface area contributed by atoms with Gasteiger partial charge in [-0.05, 0) is 60.5 Å². The molecule has 3 N–H and O–H groups in total. The van der Waals surface area contributed by atoms with Gasteiger partial charge in [-0.25, -0.2) is 0 Å². The molecule has 0 saturated heterocycles. The molecule has 5 nitrogen and oxygen atoms in total. The third kappa shape index (κ3) is 5.66. The van der Waals surface area contributed by atoms with E-state index in [1.54, 1.807) is 13.2 Å². The number of methoxy groups -OCH3 is 1. The Kier molecular flexibility index (Phi) is 7.76. The number of nitrogens with one attached hydrogen (secondary N) is 3. The zero-order valence-corrected chi connectivity index (χ0v) is 20.4. The molecular formula is C24H28Cl2N4OS. The van der Waals surface area contributed by atoms with Gasteiger partial charge in [0.25, 0.3) is 0 Å². The van der Waals surface area contributed by atoms with Crippen LogP contribution >= 0.6 is 35.4 Å². The molecule has 0 spiro atoms. The lowest BCUT2D eigenvalue weighted by Crippen LogP contribution is -2.45. The minimum atomic E-state index is -0.251. The van der Waals surface area contributed by atoms with Gasteiger partial charge in [0.05, 0.1) is 24.9 Å². The van der Waals surface area contributed by atoms with Gasteiger partial charge in [0.2, 0.25) is 0 Å². The average Bonchev–Trinajstić information content (AvgIpc) is 3.29. The molecule has 2 aromatic rings. The van der Waals surface area contributed by atoms with Crippen LogP contribution in [0.3, 0.4) is 0 Å². The molecule has 2 aromatic carbocycles. The summed E-state index contributed by atoms with van der Waals surface area (Å²) in [6, 6.07) is 13.8. The third-order valence-corrected chi connectivity index (χ3v) is 6.92. The van der Waals surface area contributed by atoms with Gasteiger partial charge in [-0.3, -0.25) is 0 Å². The second-order valence-electron chi connectivity index (χ2n) is 8.31. The Morgan fingerprint density at radius 1 is 1.12 bits per heavy atom. The lowest BCUT2D eigenvalue weighted by molar-refractivity contribution is 0.411. The molecule has 32 heavy (non-hydrogen) atoms. The maximum absolute atomic E-state index is 6.59. The number of benzene rings is 2. The number of halogens is 2. The molecule has 0 radical (unpaired) electrons. The van der Waals surface area contributed by atoms with Crippen LogP contribution in [0.4, 0.5) is 0 Å². The van der Waals surface area contributed by atoms with Gasteiger partial charge in [-0.2, -0.15) is 5.10 Å². The smallest absolute Gasteiger partial charge is 0.167 e. The molecule has 1 aliphatic carbocycles. The van der Waals surface area contributed by atoms with E-state index in [9.17, 15) is 0 Å². The molecule has 1 saturated carbocycles. The Bertz CT molecular complexity index is 976. The van der Waals surface area contributed by atoms with Gasteiger partial charge in [0.1, 0.15) is 5.75 Å². The highest BCUT2D eigenvalue weighted by molar-refractivity contribution is 7.80. The molecule has 8 heteroatoms. The van der Waals surface area contributed by atoms with E-state index >= 15 is 0 Å². The highest BCUT2D eigenvalue weighted by Crippen LogP contribution is 2.33. The minimum absolute atomic E-state index is 0.0751. The fraction of sp³-hybridized carbons (Fsp3) is 0.417. The summed E-state index contributed by atoms with van der Waals surface area (Å²) >= 11 is 18.4. The Labute approximate surface area is 204 Å². The van der Waals surface area contributed by atoms with Gasteiger partial charge in [-0.1, -0.05) is 60.7 Å². The molecule has 4 rings (SSSR count).